The van der Waals surface area contributed by atoms with Crippen LogP contribution in [0.5, 0.6) is 0 Å². The molecule has 3 saturated carbocycles. The SMILES string of the molecule is Cl.Cl.Cl.NC1CCC(Nc2ncc3nc(NN4CCC(CC5CCCCC5)CC4)n(C4CCCC4)c3n2)CC1. The summed E-state index contributed by atoms with van der Waals surface area (Å²) in [7, 11) is 0. The van der Waals surface area contributed by atoms with Crippen molar-refractivity contribution >= 4 is 60.3 Å². The quantitative estimate of drug-likeness (QED) is 0.317. The average Bonchev–Trinajstić information content (AvgIpc) is 3.55. The minimum Gasteiger partial charge on any atom is -0.351 e. The fourth-order valence-electron chi connectivity index (χ4n) is 7.31. The Morgan fingerprint density at radius 1 is 0.769 bits per heavy atom. The van der Waals surface area contributed by atoms with E-state index in [4.69, 9.17) is 15.7 Å². The predicted molar refractivity (Wildman–Crippen MR) is 168 cm³/mol. The van der Waals surface area contributed by atoms with E-state index < -0.39 is 0 Å². The molecule has 0 bridgehead atoms. The second kappa shape index (κ2) is 15.2. The first kappa shape index (κ1) is 32.5. The lowest BCUT2D eigenvalue weighted by molar-refractivity contribution is 0.178. The first-order valence-electron chi connectivity index (χ1n) is 15.0. The molecular formula is C28H49Cl3N8. The number of anilines is 2. The maximum absolute atomic E-state index is 6.10. The van der Waals surface area contributed by atoms with Crippen LogP contribution in [-0.2, 0) is 0 Å². The van der Waals surface area contributed by atoms with Gasteiger partial charge in [-0.2, -0.15) is 4.98 Å². The number of halogens is 3. The third-order valence-corrected chi connectivity index (χ3v) is 9.49. The topological polar surface area (TPSA) is 96.9 Å². The van der Waals surface area contributed by atoms with Crippen LogP contribution in [0.1, 0.15) is 109 Å². The molecule has 4 N–H and O–H groups in total. The van der Waals surface area contributed by atoms with Crippen molar-refractivity contribution in [3.63, 3.8) is 0 Å². The molecule has 3 aliphatic carbocycles. The highest BCUT2D eigenvalue weighted by Gasteiger charge is 2.28. The minimum atomic E-state index is 0. The molecule has 1 saturated heterocycles. The lowest BCUT2D eigenvalue weighted by atomic mass is 9.80. The van der Waals surface area contributed by atoms with Gasteiger partial charge in [0, 0.05) is 31.2 Å². The number of aromatic nitrogens is 4. The van der Waals surface area contributed by atoms with Gasteiger partial charge in [0.2, 0.25) is 11.9 Å². The fourth-order valence-corrected chi connectivity index (χ4v) is 7.31. The summed E-state index contributed by atoms with van der Waals surface area (Å²) in [4.78, 5) is 14.7. The lowest BCUT2D eigenvalue weighted by Gasteiger charge is -2.35. The van der Waals surface area contributed by atoms with Gasteiger partial charge in [-0.25, -0.2) is 15.0 Å². The molecule has 6 rings (SSSR count). The van der Waals surface area contributed by atoms with Crippen LogP contribution in [0.15, 0.2) is 6.20 Å². The van der Waals surface area contributed by atoms with E-state index in [0.29, 0.717) is 18.1 Å². The van der Waals surface area contributed by atoms with E-state index >= 15 is 0 Å². The van der Waals surface area contributed by atoms with Gasteiger partial charge < -0.3 is 11.1 Å². The van der Waals surface area contributed by atoms with E-state index in [1.54, 1.807) is 0 Å². The van der Waals surface area contributed by atoms with Crippen LogP contribution in [0.4, 0.5) is 11.9 Å². The van der Waals surface area contributed by atoms with E-state index in [1.165, 1.54) is 77.0 Å². The maximum Gasteiger partial charge on any atom is 0.224 e. The number of nitrogens with two attached hydrogens (primary N) is 1. The van der Waals surface area contributed by atoms with E-state index in [0.717, 1.165) is 73.7 Å². The zero-order chi connectivity index (χ0) is 24.3. The molecule has 4 aliphatic rings. The smallest absolute Gasteiger partial charge is 0.224 e. The highest BCUT2D eigenvalue weighted by Crippen LogP contribution is 2.36. The Morgan fingerprint density at radius 3 is 2.10 bits per heavy atom. The molecule has 2 aromatic rings. The zero-order valence-corrected chi connectivity index (χ0v) is 25.7. The second-order valence-corrected chi connectivity index (χ2v) is 12.2. The van der Waals surface area contributed by atoms with Crippen molar-refractivity contribution in [2.45, 2.75) is 121 Å². The summed E-state index contributed by atoms with van der Waals surface area (Å²) >= 11 is 0. The van der Waals surface area contributed by atoms with Crippen LogP contribution in [0.2, 0.25) is 0 Å². The Balaban J connectivity index is 0.00000140. The minimum absolute atomic E-state index is 0. The van der Waals surface area contributed by atoms with Crippen molar-refractivity contribution in [1.29, 1.82) is 0 Å². The average molecular weight is 604 g/mol. The molecule has 0 aromatic carbocycles. The molecule has 0 unspecified atom stereocenters. The predicted octanol–water partition coefficient (Wildman–Crippen LogP) is 6.90. The van der Waals surface area contributed by atoms with Crippen molar-refractivity contribution in [1.82, 2.24) is 24.5 Å². The molecule has 0 amide bonds. The standard InChI is InChI=1S/C28H46N8.3ClH/c29-22-10-12-23(13-11-22)31-27-30-19-25-26(33-27)36(24-8-4-5-9-24)28(32-25)34-35-16-14-21(15-17-35)18-20-6-2-1-3-7-20;;;/h19-24H,1-18,29H2,(H,32,34)(H,30,31,33);3*1H. The van der Waals surface area contributed by atoms with Gasteiger partial charge in [-0.05, 0) is 69.6 Å². The first-order valence-corrected chi connectivity index (χ1v) is 15.0. The molecule has 1 aliphatic heterocycles. The van der Waals surface area contributed by atoms with Crippen molar-refractivity contribution < 1.29 is 0 Å². The third-order valence-electron chi connectivity index (χ3n) is 9.49. The van der Waals surface area contributed by atoms with Crippen LogP contribution in [0, 0.1) is 11.8 Å². The summed E-state index contributed by atoms with van der Waals surface area (Å²) in [6.45, 7) is 2.21. The largest absolute Gasteiger partial charge is 0.351 e. The monoisotopic (exact) mass is 602 g/mol. The van der Waals surface area contributed by atoms with Crippen LogP contribution in [-0.4, -0.2) is 49.7 Å². The summed E-state index contributed by atoms with van der Waals surface area (Å²) < 4.78 is 2.39. The van der Waals surface area contributed by atoms with Gasteiger partial charge in [-0.15, -0.1) is 37.2 Å². The summed E-state index contributed by atoms with van der Waals surface area (Å²) in [5.41, 5.74) is 11.7. The summed E-state index contributed by atoms with van der Waals surface area (Å²) in [5, 5.41) is 6.00. The molecule has 2 aromatic heterocycles. The molecule has 39 heavy (non-hydrogen) atoms. The number of nitrogens with zero attached hydrogens (tertiary/aromatic N) is 5. The second-order valence-electron chi connectivity index (χ2n) is 12.2. The number of rotatable bonds is 7. The van der Waals surface area contributed by atoms with Crippen molar-refractivity contribution in [3.05, 3.63) is 6.20 Å². The summed E-state index contributed by atoms with van der Waals surface area (Å²) in [6.07, 6.45) is 22.6. The summed E-state index contributed by atoms with van der Waals surface area (Å²) in [5.74, 6) is 3.57. The number of imidazole rings is 1. The van der Waals surface area contributed by atoms with Gasteiger partial charge in [0.05, 0.1) is 6.20 Å². The molecule has 222 valence electrons. The van der Waals surface area contributed by atoms with Gasteiger partial charge in [0.15, 0.2) is 5.65 Å². The Kier molecular flexibility index (Phi) is 12.7. The van der Waals surface area contributed by atoms with Gasteiger partial charge in [0.25, 0.3) is 0 Å². The van der Waals surface area contributed by atoms with Crippen molar-refractivity contribution in [3.8, 4) is 0 Å². The molecule has 0 spiro atoms. The lowest BCUT2D eigenvalue weighted by Crippen LogP contribution is -2.39. The van der Waals surface area contributed by atoms with E-state index in [9.17, 15) is 0 Å². The fraction of sp³-hybridized carbons (Fsp3) is 0.821. The Labute approximate surface area is 252 Å². The maximum atomic E-state index is 6.10. The van der Waals surface area contributed by atoms with Gasteiger partial charge in [0.1, 0.15) is 5.52 Å². The van der Waals surface area contributed by atoms with Crippen LogP contribution >= 0.6 is 37.2 Å². The van der Waals surface area contributed by atoms with E-state index in [1.807, 2.05) is 6.20 Å². The highest BCUT2D eigenvalue weighted by atomic mass is 35.5. The molecule has 11 heteroatoms. The van der Waals surface area contributed by atoms with E-state index in [-0.39, 0.29) is 37.2 Å². The number of hydrogen-bond donors (Lipinski definition) is 3. The molecule has 4 fully saturated rings. The Hall–Kier alpha value is -1.06. The van der Waals surface area contributed by atoms with E-state index in [2.05, 4.69) is 25.3 Å². The summed E-state index contributed by atoms with van der Waals surface area (Å²) in [6, 6.07) is 1.23. The van der Waals surface area contributed by atoms with Crippen molar-refractivity contribution in [2.75, 3.05) is 23.8 Å². The number of nitrogens with one attached hydrogen (secondary N) is 2. The number of hydrazine groups is 1. The molecular weight excluding hydrogens is 555 g/mol. The molecule has 0 atom stereocenters. The van der Waals surface area contributed by atoms with Gasteiger partial charge >= 0.3 is 0 Å². The van der Waals surface area contributed by atoms with Gasteiger partial charge in [-0.1, -0.05) is 44.9 Å². The normalized spacial score (nSPS) is 25.5. The van der Waals surface area contributed by atoms with Crippen LogP contribution in [0.25, 0.3) is 11.2 Å². The van der Waals surface area contributed by atoms with Crippen molar-refractivity contribution in [2.24, 2.45) is 17.6 Å². The number of hydrogen-bond acceptors (Lipinski definition) is 7. The highest BCUT2D eigenvalue weighted by molar-refractivity contribution is 5.86. The number of fused-ring (bicyclic) bond motifs is 1. The van der Waals surface area contributed by atoms with Crippen LogP contribution < -0.4 is 16.5 Å². The Morgan fingerprint density at radius 2 is 1.41 bits per heavy atom. The molecule has 8 nitrogen and oxygen atoms in total. The molecule has 0 radical (unpaired) electrons. The zero-order valence-electron chi connectivity index (χ0n) is 23.2. The number of piperidine rings is 1. The third kappa shape index (κ3) is 8.03. The Bertz CT molecular complexity index is 992. The van der Waals surface area contributed by atoms with Crippen LogP contribution in [0.3, 0.4) is 0 Å². The van der Waals surface area contributed by atoms with Gasteiger partial charge in [-0.3, -0.25) is 9.99 Å². The first-order chi connectivity index (χ1) is 17.7. The molecule has 3 heterocycles.